The summed E-state index contributed by atoms with van der Waals surface area (Å²) in [6, 6.07) is 7.57. The van der Waals surface area contributed by atoms with Crippen LogP contribution in [0.25, 0.3) is 0 Å². The number of amides is 1. The lowest BCUT2D eigenvalue weighted by Crippen LogP contribution is -2.41. The summed E-state index contributed by atoms with van der Waals surface area (Å²) >= 11 is 7.31. The van der Waals surface area contributed by atoms with Crippen LogP contribution in [-0.2, 0) is 4.79 Å². The second-order valence-corrected chi connectivity index (χ2v) is 5.87. The number of halogens is 1. The van der Waals surface area contributed by atoms with Crippen LogP contribution in [0.2, 0.25) is 5.02 Å². The highest BCUT2D eigenvalue weighted by Crippen LogP contribution is 2.20. The van der Waals surface area contributed by atoms with E-state index in [-0.39, 0.29) is 11.9 Å². The molecule has 0 bridgehead atoms. The predicted octanol–water partition coefficient (Wildman–Crippen LogP) is 3.07. The Labute approximate surface area is 124 Å². The average molecular weight is 301 g/mol. The Morgan fingerprint density at radius 3 is 2.68 bits per heavy atom. The van der Waals surface area contributed by atoms with E-state index < -0.39 is 0 Å². The van der Waals surface area contributed by atoms with Crippen molar-refractivity contribution in [3.63, 3.8) is 0 Å². The Morgan fingerprint density at radius 1 is 1.42 bits per heavy atom. The topological polar surface area (TPSA) is 55.1 Å². The van der Waals surface area contributed by atoms with Crippen LogP contribution in [0.4, 0.5) is 0 Å². The number of rotatable bonds is 8. The van der Waals surface area contributed by atoms with Crippen LogP contribution in [0.1, 0.15) is 26.2 Å². The maximum atomic E-state index is 11.8. The van der Waals surface area contributed by atoms with E-state index in [1.54, 1.807) is 0 Å². The maximum absolute atomic E-state index is 11.8. The van der Waals surface area contributed by atoms with E-state index in [1.807, 2.05) is 24.3 Å². The molecule has 106 valence electrons. The first-order valence-corrected chi connectivity index (χ1v) is 7.89. The summed E-state index contributed by atoms with van der Waals surface area (Å²) in [6.45, 7) is 2.63. The van der Waals surface area contributed by atoms with Gasteiger partial charge in [-0.2, -0.15) is 0 Å². The number of benzene rings is 1. The zero-order chi connectivity index (χ0) is 14.1. The highest BCUT2D eigenvalue weighted by molar-refractivity contribution is 8.00. The van der Waals surface area contributed by atoms with Crippen LogP contribution in [-0.4, -0.2) is 24.2 Å². The van der Waals surface area contributed by atoms with Crippen molar-refractivity contribution >= 4 is 29.3 Å². The first kappa shape index (κ1) is 16.3. The molecule has 0 aromatic heterocycles. The molecule has 3 N–H and O–H groups in total. The van der Waals surface area contributed by atoms with Crippen LogP contribution in [0.3, 0.4) is 0 Å². The molecule has 0 saturated carbocycles. The summed E-state index contributed by atoms with van der Waals surface area (Å²) in [6.07, 6.45) is 3.16. The van der Waals surface area contributed by atoms with Crippen LogP contribution in [0, 0.1) is 0 Å². The van der Waals surface area contributed by atoms with Crippen LogP contribution < -0.4 is 11.1 Å². The summed E-state index contributed by atoms with van der Waals surface area (Å²) in [5.74, 6) is 0.441. The zero-order valence-electron chi connectivity index (χ0n) is 11.2. The number of unbranched alkanes of at least 4 members (excludes halogenated alkanes) is 1. The molecular formula is C14H21ClN2OS. The highest BCUT2D eigenvalue weighted by atomic mass is 35.5. The monoisotopic (exact) mass is 300 g/mol. The smallest absolute Gasteiger partial charge is 0.230 e. The molecule has 0 heterocycles. The fourth-order valence-electron chi connectivity index (χ4n) is 1.65. The van der Waals surface area contributed by atoms with E-state index in [1.165, 1.54) is 11.8 Å². The van der Waals surface area contributed by atoms with E-state index in [0.717, 1.165) is 24.2 Å². The third-order valence-corrected chi connectivity index (χ3v) is 4.00. The Bertz CT molecular complexity index is 384. The van der Waals surface area contributed by atoms with Gasteiger partial charge in [-0.25, -0.2) is 0 Å². The minimum absolute atomic E-state index is 0.0338. The summed E-state index contributed by atoms with van der Waals surface area (Å²) in [7, 11) is 0. The van der Waals surface area contributed by atoms with E-state index in [9.17, 15) is 4.79 Å². The second-order valence-electron chi connectivity index (χ2n) is 4.38. The predicted molar refractivity (Wildman–Crippen MR) is 82.7 cm³/mol. The highest BCUT2D eigenvalue weighted by Gasteiger charge is 2.10. The number of carbonyl (C=O) groups is 1. The van der Waals surface area contributed by atoms with Crippen molar-refractivity contribution in [1.29, 1.82) is 0 Å². The zero-order valence-corrected chi connectivity index (χ0v) is 12.8. The number of hydrogen-bond donors (Lipinski definition) is 2. The van der Waals surface area contributed by atoms with Crippen molar-refractivity contribution < 1.29 is 4.79 Å². The molecule has 3 nitrogen and oxygen atoms in total. The van der Waals surface area contributed by atoms with Gasteiger partial charge in [0.1, 0.15) is 0 Å². The van der Waals surface area contributed by atoms with Gasteiger partial charge in [0, 0.05) is 22.5 Å². The number of carbonyl (C=O) groups excluding carboxylic acids is 1. The molecule has 0 saturated heterocycles. The largest absolute Gasteiger partial charge is 0.351 e. The minimum atomic E-state index is 0.0338. The quantitative estimate of drug-likeness (QED) is 0.726. The van der Waals surface area contributed by atoms with Gasteiger partial charge in [-0.3, -0.25) is 4.79 Å². The molecule has 1 aromatic carbocycles. The third kappa shape index (κ3) is 6.85. The first-order chi connectivity index (χ1) is 9.15. The first-order valence-electron chi connectivity index (χ1n) is 6.53. The van der Waals surface area contributed by atoms with Crippen molar-refractivity contribution in [3.05, 3.63) is 29.3 Å². The van der Waals surface area contributed by atoms with Gasteiger partial charge in [0.15, 0.2) is 0 Å². The second kappa shape index (κ2) is 9.23. The van der Waals surface area contributed by atoms with Crippen molar-refractivity contribution in [2.24, 2.45) is 5.73 Å². The molecule has 0 aliphatic rings. The molecule has 0 aliphatic carbocycles. The van der Waals surface area contributed by atoms with Crippen LogP contribution >= 0.6 is 23.4 Å². The third-order valence-electron chi connectivity index (χ3n) is 2.74. The molecule has 0 aliphatic heterocycles. The maximum Gasteiger partial charge on any atom is 0.230 e. The molecule has 1 aromatic rings. The van der Waals surface area contributed by atoms with Gasteiger partial charge in [-0.15, -0.1) is 11.8 Å². The lowest BCUT2D eigenvalue weighted by Gasteiger charge is -2.16. The molecule has 0 radical (unpaired) electrons. The van der Waals surface area contributed by atoms with Gasteiger partial charge in [-0.1, -0.05) is 31.4 Å². The normalized spacial score (nSPS) is 12.2. The van der Waals surface area contributed by atoms with Crippen molar-refractivity contribution in [2.45, 2.75) is 37.1 Å². The van der Waals surface area contributed by atoms with Crippen LogP contribution in [0.5, 0.6) is 0 Å². The summed E-state index contributed by atoms with van der Waals surface area (Å²) in [5.41, 5.74) is 5.65. The summed E-state index contributed by atoms with van der Waals surface area (Å²) < 4.78 is 0. The Hall–Kier alpha value is -0.710. The number of hydrogen-bond acceptors (Lipinski definition) is 3. The average Bonchev–Trinajstić information content (AvgIpc) is 2.42. The molecule has 0 fully saturated rings. The fraction of sp³-hybridized carbons (Fsp3) is 0.500. The van der Waals surface area contributed by atoms with Crippen molar-refractivity contribution in [2.75, 3.05) is 12.3 Å². The summed E-state index contributed by atoms with van der Waals surface area (Å²) in [5, 5.41) is 3.68. The minimum Gasteiger partial charge on any atom is -0.351 e. The molecule has 1 unspecified atom stereocenters. The molecule has 19 heavy (non-hydrogen) atoms. The number of thioether (sulfide) groups is 1. The Balaban J connectivity index is 2.32. The molecule has 1 rings (SSSR count). The van der Waals surface area contributed by atoms with E-state index >= 15 is 0 Å². The van der Waals surface area contributed by atoms with Gasteiger partial charge in [0.05, 0.1) is 5.75 Å². The van der Waals surface area contributed by atoms with E-state index in [0.29, 0.717) is 17.3 Å². The summed E-state index contributed by atoms with van der Waals surface area (Å²) in [4.78, 5) is 12.8. The van der Waals surface area contributed by atoms with Gasteiger partial charge < -0.3 is 11.1 Å². The standard InChI is InChI=1S/C14H21ClN2OS/c1-2-3-4-12(9-16)17-14(18)10-19-13-7-5-11(15)6-8-13/h5-8,12H,2-4,9-10,16H2,1H3,(H,17,18). The lowest BCUT2D eigenvalue weighted by atomic mass is 10.1. The Kier molecular flexibility index (Phi) is 7.94. The van der Waals surface area contributed by atoms with Gasteiger partial charge in [-0.05, 0) is 30.7 Å². The molecule has 5 heteroatoms. The van der Waals surface area contributed by atoms with Gasteiger partial charge in [0.2, 0.25) is 5.91 Å². The van der Waals surface area contributed by atoms with Crippen molar-refractivity contribution in [3.8, 4) is 0 Å². The fourth-order valence-corrected chi connectivity index (χ4v) is 2.48. The molecule has 1 amide bonds. The molecule has 0 spiro atoms. The lowest BCUT2D eigenvalue weighted by molar-refractivity contribution is -0.119. The van der Waals surface area contributed by atoms with E-state index in [4.69, 9.17) is 17.3 Å². The number of nitrogens with one attached hydrogen (secondary N) is 1. The Morgan fingerprint density at radius 2 is 2.11 bits per heavy atom. The van der Waals surface area contributed by atoms with E-state index in [2.05, 4.69) is 12.2 Å². The van der Waals surface area contributed by atoms with Gasteiger partial charge >= 0.3 is 0 Å². The van der Waals surface area contributed by atoms with Gasteiger partial charge in [0.25, 0.3) is 0 Å². The molecular weight excluding hydrogens is 280 g/mol. The number of nitrogens with two attached hydrogens (primary N) is 1. The molecule has 1 atom stereocenters. The SMILES string of the molecule is CCCCC(CN)NC(=O)CSc1ccc(Cl)cc1. The van der Waals surface area contributed by atoms with Crippen LogP contribution in [0.15, 0.2) is 29.2 Å². The van der Waals surface area contributed by atoms with Crippen molar-refractivity contribution in [1.82, 2.24) is 5.32 Å².